The molecule has 0 saturated carbocycles. The van der Waals surface area contributed by atoms with Crippen LogP contribution in [-0.2, 0) is 11.8 Å². The molecule has 0 radical (unpaired) electrons. The quantitative estimate of drug-likeness (QED) is 0.396. The third kappa shape index (κ3) is 3.86. The third-order valence-electron chi connectivity index (χ3n) is 6.00. The van der Waals surface area contributed by atoms with Crippen LogP contribution in [0.25, 0.3) is 16.9 Å². The minimum atomic E-state index is -1.32. The van der Waals surface area contributed by atoms with E-state index in [1.807, 2.05) is 13.2 Å². The summed E-state index contributed by atoms with van der Waals surface area (Å²) >= 11 is 6.15. The molecule has 4 aromatic rings. The maximum Gasteiger partial charge on any atom is 0.277 e. The summed E-state index contributed by atoms with van der Waals surface area (Å²) in [5.74, 6) is -3.75. The average Bonchev–Trinajstić information content (AvgIpc) is 3.26. The van der Waals surface area contributed by atoms with Crippen LogP contribution in [0.4, 0.5) is 13.2 Å². The van der Waals surface area contributed by atoms with E-state index >= 15 is 0 Å². The normalized spacial score (nSPS) is 18.5. The summed E-state index contributed by atoms with van der Waals surface area (Å²) in [6.45, 7) is 1.96. The summed E-state index contributed by atoms with van der Waals surface area (Å²) in [5, 5.41) is 4.09. The number of halogens is 4. The second-order valence-corrected chi connectivity index (χ2v) is 8.68. The fourth-order valence-corrected chi connectivity index (χ4v) is 4.36. The van der Waals surface area contributed by atoms with Gasteiger partial charge >= 0.3 is 0 Å². The molecule has 1 fully saturated rings. The number of hydrogen-bond donors (Lipinski definition) is 0. The van der Waals surface area contributed by atoms with Gasteiger partial charge in [0.2, 0.25) is 0 Å². The van der Waals surface area contributed by atoms with Crippen molar-refractivity contribution in [1.82, 2.24) is 24.1 Å². The third-order valence-corrected chi connectivity index (χ3v) is 6.44. The lowest BCUT2D eigenvalue weighted by Gasteiger charge is -2.29. The Kier molecular flexibility index (Phi) is 5.65. The van der Waals surface area contributed by atoms with E-state index in [9.17, 15) is 18.0 Å². The standard InChI is InChI=1S/C23H19ClF3N5O2/c1-11-20(24)23(33)32-10-18(12-3-4-34-19(5-12)13-8-28-31(2)9-13)30-21(22(32)29-11)14-6-16(26)17(27)7-15(14)25/h6-10,12,19H,3-5H2,1-2H3/t12-,19+/m1/s1. The van der Waals surface area contributed by atoms with Crippen molar-refractivity contribution in [2.24, 2.45) is 7.05 Å². The van der Waals surface area contributed by atoms with Crippen LogP contribution in [0.3, 0.4) is 0 Å². The molecule has 176 valence electrons. The average molecular weight is 490 g/mol. The molecule has 0 bridgehead atoms. The van der Waals surface area contributed by atoms with E-state index in [4.69, 9.17) is 16.3 Å². The zero-order valence-electron chi connectivity index (χ0n) is 18.2. The molecule has 34 heavy (non-hydrogen) atoms. The van der Waals surface area contributed by atoms with E-state index in [2.05, 4.69) is 15.1 Å². The van der Waals surface area contributed by atoms with Crippen LogP contribution >= 0.6 is 11.6 Å². The largest absolute Gasteiger partial charge is 0.373 e. The molecule has 1 aliphatic rings. The SMILES string of the molecule is Cc1nc2c(-c3cc(F)c(F)cc3F)nc([C@@H]3CCO[C@H](c4cnn(C)c4)C3)cn2c(=O)c1Cl. The van der Waals surface area contributed by atoms with Gasteiger partial charge in [0.05, 0.1) is 23.7 Å². The second-order valence-electron chi connectivity index (χ2n) is 8.30. The first-order valence-corrected chi connectivity index (χ1v) is 10.9. The number of rotatable bonds is 3. The van der Waals surface area contributed by atoms with Gasteiger partial charge in [0.1, 0.15) is 16.5 Å². The van der Waals surface area contributed by atoms with Crippen molar-refractivity contribution in [3.8, 4) is 11.3 Å². The van der Waals surface area contributed by atoms with Crippen molar-refractivity contribution in [3.63, 3.8) is 0 Å². The fraction of sp³-hybridized carbons (Fsp3) is 0.304. The molecule has 0 spiro atoms. The van der Waals surface area contributed by atoms with Crippen LogP contribution in [0.15, 0.2) is 35.5 Å². The van der Waals surface area contributed by atoms with E-state index in [0.717, 1.165) is 11.6 Å². The molecule has 11 heteroatoms. The van der Waals surface area contributed by atoms with Gasteiger partial charge < -0.3 is 4.74 Å². The molecular formula is C23H19ClF3N5O2. The number of benzene rings is 1. The van der Waals surface area contributed by atoms with Gasteiger partial charge in [0.25, 0.3) is 5.56 Å². The Balaban J connectivity index is 1.69. The van der Waals surface area contributed by atoms with Crippen molar-refractivity contribution >= 4 is 17.2 Å². The van der Waals surface area contributed by atoms with Crippen LogP contribution in [0.1, 0.15) is 41.8 Å². The molecule has 0 amide bonds. The molecule has 3 aromatic heterocycles. The monoisotopic (exact) mass is 489 g/mol. The number of fused-ring (bicyclic) bond motifs is 1. The first-order chi connectivity index (χ1) is 16.2. The minimum Gasteiger partial charge on any atom is -0.373 e. The van der Waals surface area contributed by atoms with Crippen LogP contribution in [0.5, 0.6) is 0 Å². The molecule has 4 heterocycles. The Bertz CT molecular complexity index is 1490. The molecule has 1 aromatic carbocycles. The van der Waals surface area contributed by atoms with E-state index in [0.29, 0.717) is 31.2 Å². The zero-order chi connectivity index (χ0) is 24.1. The summed E-state index contributed by atoms with van der Waals surface area (Å²) in [6.07, 6.45) is 5.99. The number of hydrogen-bond acceptors (Lipinski definition) is 5. The van der Waals surface area contributed by atoms with Crippen molar-refractivity contribution in [3.05, 3.63) is 80.5 Å². The van der Waals surface area contributed by atoms with Crippen LogP contribution in [0, 0.1) is 24.4 Å². The summed E-state index contributed by atoms with van der Waals surface area (Å²) in [7, 11) is 1.81. The number of ether oxygens (including phenoxy) is 1. The van der Waals surface area contributed by atoms with Crippen LogP contribution in [0.2, 0.25) is 5.02 Å². The highest BCUT2D eigenvalue weighted by Crippen LogP contribution is 2.38. The number of nitrogens with zero attached hydrogens (tertiary/aromatic N) is 5. The molecule has 0 N–H and O–H groups in total. The van der Waals surface area contributed by atoms with E-state index in [-0.39, 0.29) is 39.6 Å². The van der Waals surface area contributed by atoms with Crippen molar-refractivity contribution < 1.29 is 17.9 Å². The van der Waals surface area contributed by atoms with Gasteiger partial charge in [-0.15, -0.1) is 0 Å². The van der Waals surface area contributed by atoms with Crippen molar-refractivity contribution in [1.29, 1.82) is 0 Å². The zero-order valence-corrected chi connectivity index (χ0v) is 19.0. The molecule has 0 aliphatic carbocycles. The highest BCUT2D eigenvalue weighted by atomic mass is 35.5. The Morgan fingerprint density at radius 1 is 1.12 bits per heavy atom. The first-order valence-electron chi connectivity index (χ1n) is 10.6. The second kappa shape index (κ2) is 8.52. The molecule has 1 saturated heterocycles. The summed E-state index contributed by atoms with van der Waals surface area (Å²) in [4.78, 5) is 21.9. The highest BCUT2D eigenvalue weighted by molar-refractivity contribution is 6.31. The van der Waals surface area contributed by atoms with Gasteiger partial charge in [-0.25, -0.2) is 23.1 Å². The van der Waals surface area contributed by atoms with Gasteiger partial charge in [0.15, 0.2) is 17.3 Å². The fourth-order valence-electron chi connectivity index (χ4n) is 4.23. The van der Waals surface area contributed by atoms with E-state index in [1.165, 1.54) is 17.5 Å². The number of aromatic nitrogens is 5. The van der Waals surface area contributed by atoms with Gasteiger partial charge in [-0.1, -0.05) is 11.6 Å². The molecular weight excluding hydrogens is 471 g/mol. The summed E-state index contributed by atoms with van der Waals surface area (Å²) < 4.78 is 51.2. The topological polar surface area (TPSA) is 74.3 Å². The van der Waals surface area contributed by atoms with Crippen molar-refractivity contribution in [2.45, 2.75) is 31.8 Å². The number of aryl methyl sites for hydroxylation is 2. The predicted octanol–water partition coefficient (Wildman–Crippen LogP) is 4.50. The molecule has 5 rings (SSSR count). The lowest BCUT2D eigenvalue weighted by molar-refractivity contribution is 0.00455. The summed E-state index contributed by atoms with van der Waals surface area (Å²) in [5.41, 5.74) is 0.639. The van der Waals surface area contributed by atoms with Gasteiger partial charge in [0, 0.05) is 49.2 Å². The molecule has 1 aliphatic heterocycles. The maximum absolute atomic E-state index is 14.8. The van der Waals surface area contributed by atoms with Crippen molar-refractivity contribution in [2.75, 3.05) is 6.61 Å². The van der Waals surface area contributed by atoms with Gasteiger partial charge in [-0.05, 0) is 25.8 Å². The summed E-state index contributed by atoms with van der Waals surface area (Å²) in [6, 6.07) is 1.17. The molecule has 7 nitrogen and oxygen atoms in total. The lowest BCUT2D eigenvalue weighted by atomic mass is 9.90. The Labute approximate surface area is 196 Å². The predicted molar refractivity (Wildman–Crippen MR) is 118 cm³/mol. The Morgan fingerprint density at radius 3 is 2.62 bits per heavy atom. The Morgan fingerprint density at radius 2 is 1.88 bits per heavy atom. The van der Waals surface area contributed by atoms with Crippen LogP contribution in [-0.4, -0.2) is 30.8 Å². The van der Waals surface area contributed by atoms with E-state index in [1.54, 1.807) is 10.9 Å². The minimum absolute atomic E-state index is 0.00331. The highest BCUT2D eigenvalue weighted by Gasteiger charge is 2.29. The Hall–Kier alpha value is -3.24. The van der Waals surface area contributed by atoms with E-state index < -0.39 is 23.0 Å². The van der Waals surface area contributed by atoms with Gasteiger partial charge in [-0.2, -0.15) is 5.10 Å². The first kappa shape index (κ1) is 22.5. The van der Waals surface area contributed by atoms with Crippen LogP contribution < -0.4 is 5.56 Å². The molecule has 2 atom stereocenters. The smallest absolute Gasteiger partial charge is 0.277 e. The van der Waals surface area contributed by atoms with Gasteiger partial charge in [-0.3, -0.25) is 13.9 Å². The lowest BCUT2D eigenvalue weighted by Crippen LogP contribution is -2.23. The maximum atomic E-state index is 14.8. The molecule has 0 unspecified atom stereocenters.